The molecule has 110 valence electrons. The molecule has 0 radical (unpaired) electrons. The van der Waals surface area contributed by atoms with Crippen LogP contribution in [0, 0.1) is 6.92 Å². The zero-order chi connectivity index (χ0) is 14.7. The molecule has 0 fully saturated rings. The molecule has 7 heteroatoms. The predicted octanol–water partition coefficient (Wildman–Crippen LogP) is 2.13. The number of nitrogen functional groups attached to an aromatic ring is 1. The van der Waals surface area contributed by atoms with Crippen LogP contribution in [0.3, 0.4) is 0 Å². The van der Waals surface area contributed by atoms with Crippen LogP contribution in [0.4, 0.5) is 5.82 Å². The monoisotopic (exact) mass is 304 g/mol. The molecule has 2 aromatic rings. The molecule has 0 aliphatic carbocycles. The Morgan fingerprint density at radius 3 is 2.81 bits per heavy atom. The molecule has 6 nitrogen and oxygen atoms in total. The third kappa shape index (κ3) is 3.37. The predicted molar refractivity (Wildman–Crippen MR) is 81.6 cm³/mol. The van der Waals surface area contributed by atoms with Crippen molar-refractivity contribution in [1.82, 2.24) is 9.97 Å². The highest BCUT2D eigenvalue weighted by Gasteiger charge is 2.12. The number of hydrogen-bond donors (Lipinski definition) is 2. The smallest absolute Gasteiger partial charge is 0.162 e. The van der Waals surface area contributed by atoms with E-state index in [1.54, 1.807) is 17.8 Å². The van der Waals surface area contributed by atoms with Gasteiger partial charge in [-0.15, -0.1) is 11.8 Å². The molecular formula is C14H16N4O2S. The fourth-order valence-corrected chi connectivity index (χ4v) is 2.81. The molecule has 2 heterocycles. The van der Waals surface area contributed by atoms with Crippen molar-refractivity contribution in [3.05, 3.63) is 35.8 Å². The van der Waals surface area contributed by atoms with E-state index in [4.69, 9.17) is 15.3 Å². The van der Waals surface area contributed by atoms with Crippen molar-refractivity contribution in [3.8, 4) is 11.5 Å². The molecule has 1 aliphatic rings. The zero-order valence-electron chi connectivity index (χ0n) is 11.6. The number of rotatable bonds is 4. The molecule has 0 bridgehead atoms. The van der Waals surface area contributed by atoms with E-state index in [-0.39, 0.29) is 0 Å². The minimum atomic E-state index is 0.591. The van der Waals surface area contributed by atoms with Crippen molar-refractivity contribution in [3.63, 3.8) is 0 Å². The quantitative estimate of drug-likeness (QED) is 0.508. The standard InChI is InChI=1S/C14H16N4O2S/c1-9-6-13(18-15)17-14(16-9)8-21-10-2-3-11-12(7-10)20-5-4-19-11/h2-3,6-7H,4-5,8,15H2,1H3,(H,16,17,18). The average Bonchev–Trinajstić information content (AvgIpc) is 2.52. The molecule has 1 aromatic heterocycles. The highest BCUT2D eigenvalue weighted by Crippen LogP contribution is 2.34. The summed E-state index contributed by atoms with van der Waals surface area (Å²) in [7, 11) is 0. The third-order valence-corrected chi connectivity index (χ3v) is 3.92. The number of nitrogens with one attached hydrogen (secondary N) is 1. The van der Waals surface area contributed by atoms with Crippen LogP contribution in [0.15, 0.2) is 29.2 Å². The first-order valence-electron chi connectivity index (χ1n) is 6.58. The Balaban J connectivity index is 1.71. The molecule has 3 rings (SSSR count). The van der Waals surface area contributed by atoms with Gasteiger partial charge in [-0.1, -0.05) is 0 Å². The van der Waals surface area contributed by atoms with Gasteiger partial charge < -0.3 is 14.9 Å². The number of aromatic nitrogens is 2. The minimum Gasteiger partial charge on any atom is -0.486 e. The second-order valence-corrected chi connectivity index (χ2v) is 5.60. The number of fused-ring (bicyclic) bond motifs is 1. The Bertz CT molecular complexity index is 651. The maximum Gasteiger partial charge on any atom is 0.162 e. The van der Waals surface area contributed by atoms with E-state index in [1.807, 2.05) is 25.1 Å². The normalized spacial score (nSPS) is 13.0. The summed E-state index contributed by atoms with van der Waals surface area (Å²) >= 11 is 1.65. The van der Waals surface area contributed by atoms with E-state index in [1.165, 1.54) is 0 Å². The first-order valence-corrected chi connectivity index (χ1v) is 7.57. The van der Waals surface area contributed by atoms with Crippen molar-refractivity contribution >= 4 is 17.6 Å². The Hall–Kier alpha value is -1.99. The van der Waals surface area contributed by atoms with Crippen LogP contribution in [-0.4, -0.2) is 23.2 Å². The van der Waals surface area contributed by atoms with Gasteiger partial charge in [-0.3, -0.25) is 0 Å². The lowest BCUT2D eigenvalue weighted by atomic mass is 10.3. The average molecular weight is 304 g/mol. The lowest BCUT2D eigenvalue weighted by Crippen LogP contribution is -2.15. The summed E-state index contributed by atoms with van der Waals surface area (Å²) in [5.74, 6) is 9.01. The molecule has 0 unspecified atom stereocenters. The Morgan fingerprint density at radius 1 is 1.19 bits per heavy atom. The Morgan fingerprint density at radius 2 is 2.00 bits per heavy atom. The number of thioether (sulfide) groups is 1. The maximum atomic E-state index is 5.58. The highest BCUT2D eigenvalue weighted by atomic mass is 32.2. The number of hydrogen-bond acceptors (Lipinski definition) is 7. The van der Waals surface area contributed by atoms with Gasteiger partial charge >= 0.3 is 0 Å². The SMILES string of the molecule is Cc1cc(NN)nc(CSc2ccc3c(c2)OCCO3)n1. The first-order chi connectivity index (χ1) is 10.2. The largest absolute Gasteiger partial charge is 0.486 e. The lowest BCUT2D eigenvalue weighted by Gasteiger charge is -2.18. The summed E-state index contributed by atoms with van der Waals surface area (Å²) in [6, 6.07) is 7.73. The lowest BCUT2D eigenvalue weighted by molar-refractivity contribution is 0.171. The molecule has 1 aliphatic heterocycles. The van der Waals surface area contributed by atoms with Crippen LogP contribution >= 0.6 is 11.8 Å². The molecule has 0 atom stereocenters. The van der Waals surface area contributed by atoms with Crippen LogP contribution in [0.5, 0.6) is 11.5 Å². The summed E-state index contributed by atoms with van der Waals surface area (Å²) < 4.78 is 11.1. The van der Waals surface area contributed by atoms with Gasteiger partial charge in [-0.05, 0) is 25.1 Å². The molecule has 0 saturated carbocycles. The second kappa shape index (κ2) is 6.19. The van der Waals surface area contributed by atoms with Crippen LogP contribution in [0.2, 0.25) is 0 Å². The van der Waals surface area contributed by atoms with Crippen molar-refractivity contribution in [2.75, 3.05) is 18.6 Å². The summed E-state index contributed by atoms with van der Waals surface area (Å²) in [5.41, 5.74) is 3.44. The van der Waals surface area contributed by atoms with Crippen LogP contribution in [0.25, 0.3) is 0 Å². The van der Waals surface area contributed by atoms with E-state index in [0.29, 0.717) is 24.8 Å². The van der Waals surface area contributed by atoms with Crippen molar-refractivity contribution in [1.29, 1.82) is 0 Å². The number of hydrazine groups is 1. The Labute approximate surface area is 127 Å². The summed E-state index contributed by atoms with van der Waals surface area (Å²) in [4.78, 5) is 9.82. The van der Waals surface area contributed by atoms with Crippen molar-refractivity contribution in [2.24, 2.45) is 5.84 Å². The van der Waals surface area contributed by atoms with E-state index >= 15 is 0 Å². The number of aryl methyl sites for hydroxylation is 1. The van der Waals surface area contributed by atoms with E-state index in [2.05, 4.69) is 15.4 Å². The van der Waals surface area contributed by atoms with Gasteiger partial charge in [-0.25, -0.2) is 15.8 Å². The van der Waals surface area contributed by atoms with Crippen LogP contribution in [0.1, 0.15) is 11.5 Å². The summed E-state index contributed by atoms with van der Waals surface area (Å²) in [6.07, 6.45) is 0. The number of ether oxygens (including phenoxy) is 2. The highest BCUT2D eigenvalue weighted by molar-refractivity contribution is 7.98. The van der Waals surface area contributed by atoms with Gasteiger partial charge in [0.15, 0.2) is 11.5 Å². The molecule has 21 heavy (non-hydrogen) atoms. The van der Waals surface area contributed by atoms with E-state index in [9.17, 15) is 0 Å². The Kier molecular flexibility index (Phi) is 4.12. The zero-order valence-corrected chi connectivity index (χ0v) is 12.4. The minimum absolute atomic E-state index is 0.591. The molecule has 0 amide bonds. The summed E-state index contributed by atoms with van der Waals surface area (Å²) in [6.45, 7) is 3.11. The summed E-state index contributed by atoms with van der Waals surface area (Å²) in [5, 5.41) is 0. The van der Waals surface area contributed by atoms with Gasteiger partial charge in [-0.2, -0.15) is 0 Å². The van der Waals surface area contributed by atoms with Gasteiger partial charge in [0.1, 0.15) is 24.9 Å². The molecule has 0 saturated heterocycles. The van der Waals surface area contributed by atoms with Gasteiger partial charge in [0, 0.05) is 16.7 Å². The second-order valence-electron chi connectivity index (χ2n) is 4.55. The van der Waals surface area contributed by atoms with Gasteiger partial charge in [0.25, 0.3) is 0 Å². The van der Waals surface area contributed by atoms with Crippen LogP contribution in [-0.2, 0) is 5.75 Å². The fourth-order valence-electron chi connectivity index (χ4n) is 2.03. The molecule has 1 aromatic carbocycles. The molecule has 0 spiro atoms. The fraction of sp³-hybridized carbons (Fsp3) is 0.286. The van der Waals surface area contributed by atoms with Crippen molar-refractivity contribution < 1.29 is 9.47 Å². The van der Waals surface area contributed by atoms with Gasteiger partial charge in [0.05, 0.1) is 5.75 Å². The third-order valence-electron chi connectivity index (χ3n) is 2.93. The first kappa shape index (κ1) is 14.0. The molecule has 3 N–H and O–H groups in total. The van der Waals surface area contributed by atoms with Crippen LogP contribution < -0.4 is 20.7 Å². The number of benzene rings is 1. The van der Waals surface area contributed by atoms with Gasteiger partial charge in [0.2, 0.25) is 0 Å². The number of nitrogens with two attached hydrogens (primary N) is 1. The number of nitrogens with zero attached hydrogens (tertiary/aromatic N) is 2. The van der Waals surface area contributed by atoms with E-state index in [0.717, 1.165) is 27.9 Å². The topological polar surface area (TPSA) is 82.3 Å². The van der Waals surface area contributed by atoms with Crippen molar-refractivity contribution in [2.45, 2.75) is 17.6 Å². The molecular weight excluding hydrogens is 288 g/mol. The van der Waals surface area contributed by atoms with E-state index < -0.39 is 0 Å². The maximum absolute atomic E-state index is 5.58. The number of anilines is 1.